The van der Waals surface area contributed by atoms with E-state index in [0.29, 0.717) is 12.1 Å². The minimum Gasteiger partial charge on any atom is -0.370 e. The zero-order valence-corrected chi connectivity index (χ0v) is 12.6. The van der Waals surface area contributed by atoms with Crippen molar-refractivity contribution in [1.29, 1.82) is 0 Å². The van der Waals surface area contributed by atoms with Gasteiger partial charge in [0.05, 0.1) is 0 Å². The van der Waals surface area contributed by atoms with Gasteiger partial charge in [0, 0.05) is 29.2 Å². The van der Waals surface area contributed by atoms with Crippen LogP contribution in [-0.2, 0) is 6.42 Å². The maximum Gasteiger partial charge on any atom is 0.251 e. The smallest absolute Gasteiger partial charge is 0.251 e. The average molecular weight is 289 g/mol. The minimum absolute atomic E-state index is 0.0498. The molecule has 0 radical (unpaired) electrons. The lowest BCUT2D eigenvalue weighted by Gasteiger charge is -2.08. The Morgan fingerprint density at radius 1 is 1.40 bits per heavy atom. The van der Waals surface area contributed by atoms with Gasteiger partial charge in [0.1, 0.15) is 5.82 Å². The largest absolute Gasteiger partial charge is 0.370 e. The SMILES string of the molecule is CCNc1cc(C(=O)NCCc2cccs2)cc(C)n1. The van der Waals surface area contributed by atoms with Gasteiger partial charge in [0.2, 0.25) is 0 Å². The van der Waals surface area contributed by atoms with E-state index in [1.165, 1.54) is 4.88 Å². The van der Waals surface area contributed by atoms with Crippen LogP contribution in [0.2, 0.25) is 0 Å². The maximum atomic E-state index is 12.1. The first-order valence-electron chi connectivity index (χ1n) is 6.72. The van der Waals surface area contributed by atoms with Gasteiger partial charge in [-0.25, -0.2) is 4.98 Å². The lowest BCUT2D eigenvalue weighted by Crippen LogP contribution is -2.25. The Morgan fingerprint density at radius 2 is 2.25 bits per heavy atom. The quantitative estimate of drug-likeness (QED) is 0.860. The highest BCUT2D eigenvalue weighted by Gasteiger charge is 2.08. The van der Waals surface area contributed by atoms with Crippen LogP contribution >= 0.6 is 11.3 Å². The van der Waals surface area contributed by atoms with Crippen molar-refractivity contribution in [2.75, 3.05) is 18.4 Å². The van der Waals surface area contributed by atoms with E-state index >= 15 is 0 Å². The van der Waals surface area contributed by atoms with Crippen LogP contribution in [0, 0.1) is 6.92 Å². The molecule has 2 rings (SSSR count). The Bertz CT molecular complexity index is 567. The molecule has 106 valence electrons. The Labute approximate surface area is 123 Å². The van der Waals surface area contributed by atoms with E-state index in [0.717, 1.165) is 24.5 Å². The molecule has 0 fully saturated rings. The number of aryl methyl sites for hydroxylation is 1. The fourth-order valence-electron chi connectivity index (χ4n) is 1.93. The lowest BCUT2D eigenvalue weighted by atomic mass is 10.2. The molecule has 2 aromatic heterocycles. The van der Waals surface area contributed by atoms with Crippen LogP contribution in [0.5, 0.6) is 0 Å². The second kappa shape index (κ2) is 7.05. The van der Waals surface area contributed by atoms with E-state index < -0.39 is 0 Å². The summed E-state index contributed by atoms with van der Waals surface area (Å²) in [4.78, 5) is 17.7. The summed E-state index contributed by atoms with van der Waals surface area (Å²) < 4.78 is 0. The molecule has 0 aliphatic carbocycles. The number of nitrogens with one attached hydrogen (secondary N) is 2. The zero-order chi connectivity index (χ0) is 14.4. The normalized spacial score (nSPS) is 10.3. The molecule has 2 N–H and O–H groups in total. The first kappa shape index (κ1) is 14.5. The van der Waals surface area contributed by atoms with Crippen molar-refractivity contribution >= 4 is 23.1 Å². The Morgan fingerprint density at radius 3 is 2.95 bits per heavy atom. The topological polar surface area (TPSA) is 54.0 Å². The second-order valence-electron chi connectivity index (χ2n) is 4.50. The molecule has 0 atom stereocenters. The second-order valence-corrected chi connectivity index (χ2v) is 5.53. The molecule has 0 saturated carbocycles. The number of nitrogens with zero attached hydrogens (tertiary/aromatic N) is 1. The van der Waals surface area contributed by atoms with Gasteiger partial charge in [0.25, 0.3) is 5.91 Å². The number of hydrogen-bond donors (Lipinski definition) is 2. The molecule has 0 aromatic carbocycles. The third-order valence-corrected chi connectivity index (χ3v) is 3.75. The molecular weight excluding hydrogens is 270 g/mol. The molecular formula is C15H19N3OS. The van der Waals surface area contributed by atoms with Gasteiger partial charge in [-0.15, -0.1) is 11.3 Å². The van der Waals surface area contributed by atoms with E-state index in [1.807, 2.05) is 25.3 Å². The van der Waals surface area contributed by atoms with Crippen molar-refractivity contribution < 1.29 is 4.79 Å². The Kier molecular flexibility index (Phi) is 5.12. The van der Waals surface area contributed by atoms with Crippen molar-refractivity contribution in [3.63, 3.8) is 0 Å². The predicted octanol–water partition coefficient (Wildman–Crippen LogP) is 2.86. The number of carbonyl (C=O) groups is 1. The Balaban J connectivity index is 1.94. The highest BCUT2D eigenvalue weighted by molar-refractivity contribution is 7.09. The molecule has 4 nitrogen and oxygen atoms in total. The molecule has 2 aromatic rings. The van der Waals surface area contributed by atoms with Crippen LogP contribution < -0.4 is 10.6 Å². The summed E-state index contributed by atoms with van der Waals surface area (Å²) in [5.74, 6) is 0.696. The first-order chi connectivity index (χ1) is 9.69. The van der Waals surface area contributed by atoms with Crippen LogP contribution in [0.1, 0.15) is 27.9 Å². The molecule has 2 heterocycles. The Hall–Kier alpha value is -1.88. The third-order valence-electron chi connectivity index (χ3n) is 2.81. The number of thiophene rings is 1. The van der Waals surface area contributed by atoms with Crippen LogP contribution in [0.4, 0.5) is 5.82 Å². The molecule has 0 aliphatic rings. The molecule has 1 amide bonds. The first-order valence-corrected chi connectivity index (χ1v) is 7.60. The van der Waals surface area contributed by atoms with Crippen molar-refractivity contribution in [1.82, 2.24) is 10.3 Å². The van der Waals surface area contributed by atoms with Gasteiger partial charge in [-0.3, -0.25) is 4.79 Å². The summed E-state index contributed by atoms with van der Waals surface area (Å²) in [5, 5.41) is 8.13. The number of carbonyl (C=O) groups excluding carboxylic acids is 1. The summed E-state index contributed by atoms with van der Waals surface area (Å²) in [5.41, 5.74) is 1.49. The van der Waals surface area contributed by atoms with Crippen LogP contribution in [-0.4, -0.2) is 24.0 Å². The summed E-state index contributed by atoms with van der Waals surface area (Å²) in [6, 6.07) is 7.70. The fraction of sp³-hybridized carbons (Fsp3) is 0.333. The molecule has 0 unspecified atom stereocenters. The number of pyridine rings is 1. The van der Waals surface area contributed by atoms with Crippen LogP contribution in [0.25, 0.3) is 0 Å². The molecule has 0 aliphatic heterocycles. The number of amides is 1. The van der Waals surface area contributed by atoms with E-state index in [1.54, 1.807) is 23.5 Å². The van der Waals surface area contributed by atoms with Gasteiger partial charge < -0.3 is 10.6 Å². The molecule has 0 saturated heterocycles. The average Bonchev–Trinajstić information content (AvgIpc) is 2.91. The van der Waals surface area contributed by atoms with E-state index in [9.17, 15) is 4.79 Å². The van der Waals surface area contributed by atoms with Gasteiger partial charge in [-0.1, -0.05) is 6.07 Å². The summed E-state index contributed by atoms with van der Waals surface area (Å²) >= 11 is 1.71. The molecule has 20 heavy (non-hydrogen) atoms. The van der Waals surface area contributed by atoms with Gasteiger partial charge in [0.15, 0.2) is 0 Å². The summed E-state index contributed by atoms with van der Waals surface area (Å²) in [6.07, 6.45) is 0.869. The summed E-state index contributed by atoms with van der Waals surface area (Å²) in [7, 11) is 0. The number of aromatic nitrogens is 1. The highest BCUT2D eigenvalue weighted by Crippen LogP contribution is 2.11. The number of anilines is 1. The summed E-state index contributed by atoms with van der Waals surface area (Å²) in [6.45, 7) is 5.33. The van der Waals surface area contributed by atoms with Crippen molar-refractivity contribution in [2.45, 2.75) is 20.3 Å². The monoisotopic (exact) mass is 289 g/mol. The van der Waals surface area contributed by atoms with Crippen LogP contribution in [0.15, 0.2) is 29.6 Å². The van der Waals surface area contributed by atoms with Gasteiger partial charge >= 0.3 is 0 Å². The number of hydrogen-bond acceptors (Lipinski definition) is 4. The third kappa shape index (κ3) is 4.06. The van der Waals surface area contributed by atoms with Crippen molar-refractivity contribution in [3.8, 4) is 0 Å². The fourth-order valence-corrected chi connectivity index (χ4v) is 2.64. The molecule has 0 spiro atoms. The molecule has 0 bridgehead atoms. The van der Waals surface area contributed by atoms with E-state index in [4.69, 9.17) is 0 Å². The van der Waals surface area contributed by atoms with E-state index in [2.05, 4.69) is 21.7 Å². The molecule has 5 heteroatoms. The zero-order valence-electron chi connectivity index (χ0n) is 11.8. The lowest BCUT2D eigenvalue weighted by molar-refractivity contribution is 0.0954. The van der Waals surface area contributed by atoms with Crippen molar-refractivity contribution in [3.05, 3.63) is 45.8 Å². The van der Waals surface area contributed by atoms with Crippen LogP contribution in [0.3, 0.4) is 0 Å². The number of rotatable bonds is 6. The van der Waals surface area contributed by atoms with E-state index in [-0.39, 0.29) is 5.91 Å². The maximum absolute atomic E-state index is 12.1. The predicted molar refractivity (Wildman–Crippen MR) is 83.5 cm³/mol. The highest BCUT2D eigenvalue weighted by atomic mass is 32.1. The standard InChI is InChI=1S/C15H19N3OS/c1-3-16-14-10-12(9-11(2)18-14)15(19)17-7-6-13-5-4-8-20-13/h4-5,8-10H,3,6-7H2,1-2H3,(H,16,18)(H,17,19). The van der Waals surface area contributed by atoms with Gasteiger partial charge in [-0.05, 0) is 43.8 Å². The van der Waals surface area contributed by atoms with Gasteiger partial charge in [-0.2, -0.15) is 0 Å². The minimum atomic E-state index is -0.0498. The van der Waals surface area contributed by atoms with Crippen molar-refractivity contribution in [2.24, 2.45) is 0 Å².